The summed E-state index contributed by atoms with van der Waals surface area (Å²) in [5.41, 5.74) is 2.51. The van der Waals surface area contributed by atoms with Crippen LogP contribution in [0.25, 0.3) is 11.0 Å². The Kier molecular flexibility index (Phi) is 3.65. The molecule has 0 unspecified atom stereocenters. The van der Waals surface area contributed by atoms with Crippen LogP contribution in [0.15, 0.2) is 47.4 Å². The molecule has 1 N–H and O–H groups in total. The van der Waals surface area contributed by atoms with Gasteiger partial charge in [-0.2, -0.15) is 8.75 Å². The second-order valence-corrected chi connectivity index (χ2v) is 6.60. The molecule has 8 heteroatoms. The van der Waals surface area contributed by atoms with Crippen molar-refractivity contribution in [3.05, 3.63) is 48.0 Å². The SMILES string of the molecule is [B]Cc1ccc(S(=O)(=O)Nc2cccc3nsnc23)cc1. The van der Waals surface area contributed by atoms with E-state index in [1.54, 1.807) is 30.3 Å². The van der Waals surface area contributed by atoms with E-state index in [0.717, 1.165) is 17.3 Å². The highest BCUT2D eigenvalue weighted by atomic mass is 32.2. The fourth-order valence-corrected chi connectivity index (χ4v) is 3.51. The van der Waals surface area contributed by atoms with Crippen molar-refractivity contribution in [1.29, 1.82) is 0 Å². The molecule has 0 aliphatic heterocycles. The molecular weight excluding hydrogens is 305 g/mol. The summed E-state index contributed by atoms with van der Waals surface area (Å²) in [7, 11) is 1.84. The topological polar surface area (TPSA) is 72.0 Å². The summed E-state index contributed by atoms with van der Waals surface area (Å²) in [6.07, 6.45) is 0.373. The van der Waals surface area contributed by atoms with Gasteiger partial charge in [0.25, 0.3) is 10.0 Å². The van der Waals surface area contributed by atoms with E-state index in [4.69, 9.17) is 7.85 Å². The van der Waals surface area contributed by atoms with E-state index in [0.29, 0.717) is 23.0 Å². The lowest BCUT2D eigenvalue weighted by atomic mass is 9.97. The van der Waals surface area contributed by atoms with Crippen LogP contribution in [0.5, 0.6) is 0 Å². The third-order valence-electron chi connectivity index (χ3n) is 3.00. The molecule has 21 heavy (non-hydrogen) atoms. The van der Waals surface area contributed by atoms with Crippen LogP contribution in [0.1, 0.15) is 5.56 Å². The first-order valence-electron chi connectivity index (χ1n) is 6.13. The lowest BCUT2D eigenvalue weighted by Crippen LogP contribution is -2.13. The molecule has 0 bridgehead atoms. The Balaban J connectivity index is 1.97. The number of benzene rings is 2. The molecule has 0 aliphatic carbocycles. The van der Waals surface area contributed by atoms with E-state index in [1.165, 1.54) is 12.1 Å². The first-order valence-corrected chi connectivity index (χ1v) is 8.34. The number of aromatic nitrogens is 2. The summed E-state index contributed by atoms with van der Waals surface area (Å²) >= 11 is 1.05. The van der Waals surface area contributed by atoms with Gasteiger partial charge in [0, 0.05) is 0 Å². The summed E-state index contributed by atoms with van der Waals surface area (Å²) in [4.78, 5) is 0.180. The van der Waals surface area contributed by atoms with Crippen molar-refractivity contribution in [2.24, 2.45) is 0 Å². The summed E-state index contributed by atoms with van der Waals surface area (Å²) in [6, 6.07) is 11.6. The molecule has 3 aromatic rings. The Bertz CT molecular complexity index is 876. The molecule has 2 aromatic carbocycles. The van der Waals surface area contributed by atoms with Crippen molar-refractivity contribution < 1.29 is 8.42 Å². The first kappa shape index (κ1) is 14.0. The lowest BCUT2D eigenvalue weighted by Gasteiger charge is -2.08. The third kappa shape index (κ3) is 2.77. The van der Waals surface area contributed by atoms with Crippen LogP contribution >= 0.6 is 11.7 Å². The van der Waals surface area contributed by atoms with Crippen molar-refractivity contribution in [3.8, 4) is 0 Å². The highest BCUT2D eigenvalue weighted by Gasteiger charge is 2.16. The van der Waals surface area contributed by atoms with Crippen LogP contribution in [0.3, 0.4) is 0 Å². The second-order valence-electron chi connectivity index (χ2n) is 4.39. The maximum atomic E-state index is 12.4. The van der Waals surface area contributed by atoms with Gasteiger partial charge in [-0.1, -0.05) is 30.1 Å². The zero-order valence-electron chi connectivity index (χ0n) is 10.9. The Hall–Kier alpha value is -1.93. The predicted molar refractivity (Wildman–Crippen MR) is 84.1 cm³/mol. The average molecular weight is 315 g/mol. The van der Waals surface area contributed by atoms with E-state index in [-0.39, 0.29) is 4.90 Å². The molecule has 0 aliphatic rings. The van der Waals surface area contributed by atoms with Gasteiger partial charge in [-0.3, -0.25) is 4.72 Å². The number of rotatable bonds is 4. The molecule has 0 saturated carbocycles. The Morgan fingerprint density at radius 3 is 2.57 bits per heavy atom. The fraction of sp³-hybridized carbons (Fsp3) is 0.0769. The van der Waals surface area contributed by atoms with Gasteiger partial charge in [-0.15, -0.1) is 0 Å². The van der Waals surface area contributed by atoms with Crippen LogP contribution in [-0.4, -0.2) is 25.0 Å². The van der Waals surface area contributed by atoms with Crippen LogP contribution in [0.2, 0.25) is 0 Å². The quantitative estimate of drug-likeness (QED) is 0.749. The lowest BCUT2D eigenvalue weighted by molar-refractivity contribution is 0.601. The zero-order chi connectivity index (χ0) is 14.9. The number of hydrogen-bond donors (Lipinski definition) is 1. The normalized spacial score (nSPS) is 11.6. The molecule has 0 spiro atoms. The third-order valence-corrected chi connectivity index (χ3v) is 4.92. The molecule has 1 heterocycles. The van der Waals surface area contributed by atoms with E-state index in [2.05, 4.69) is 13.5 Å². The second kappa shape index (κ2) is 5.46. The van der Waals surface area contributed by atoms with Gasteiger partial charge in [0.15, 0.2) is 0 Å². The van der Waals surface area contributed by atoms with Crippen molar-refractivity contribution >= 4 is 46.3 Å². The highest BCUT2D eigenvalue weighted by molar-refractivity contribution is 7.92. The van der Waals surface area contributed by atoms with Gasteiger partial charge in [0.05, 0.1) is 30.2 Å². The summed E-state index contributed by atoms with van der Waals surface area (Å²) in [6.45, 7) is 0. The minimum atomic E-state index is -3.66. The molecule has 5 nitrogen and oxygen atoms in total. The molecule has 0 saturated heterocycles. The van der Waals surface area contributed by atoms with E-state index < -0.39 is 10.0 Å². The monoisotopic (exact) mass is 315 g/mol. The molecule has 0 amide bonds. The zero-order valence-corrected chi connectivity index (χ0v) is 12.5. The largest absolute Gasteiger partial charge is 0.277 e. The number of sulfonamides is 1. The summed E-state index contributed by atoms with van der Waals surface area (Å²) in [5, 5.41) is 0. The van der Waals surface area contributed by atoms with Gasteiger partial charge in [0.1, 0.15) is 11.0 Å². The molecular formula is C13H10BN3O2S2. The first-order chi connectivity index (χ1) is 10.1. The molecule has 104 valence electrons. The number of fused-ring (bicyclic) bond motifs is 1. The Morgan fingerprint density at radius 1 is 1.10 bits per heavy atom. The summed E-state index contributed by atoms with van der Waals surface area (Å²) in [5.74, 6) is 0. The maximum Gasteiger partial charge on any atom is 0.261 e. The minimum absolute atomic E-state index is 0.180. The van der Waals surface area contributed by atoms with E-state index in [1.807, 2.05) is 0 Å². The van der Waals surface area contributed by atoms with Crippen LogP contribution in [0.4, 0.5) is 5.69 Å². The highest BCUT2D eigenvalue weighted by Crippen LogP contribution is 2.24. The minimum Gasteiger partial charge on any atom is -0.277 e. The molecule has 0 atom stereocenters. The number of anilines is 1. The van der Waals surface area contributed by atoms with Gasteiger partial charge in [-0.05, 0) is 24.3 Å². The number of nitrogens with zero attached hydrogens (tertiary/aromatic N) is 2. The van der Waals surface area contributed by atoms with Crippen molar-refractivity contribution in [3.63, 3.8) is 0 Å². The van der Waals surface area contributed by atoms with Gasteiger partial charge in [-0.25, -0.2) is 8.42 Å². The van der Waals surface area contributed by atoms with Crippen LogP contribution < -0.4 is 4.72 Å². The Labute approximate surface area is 127 Å². The Morgan fingerprint density at radius 2 is 1.86 bits per heavy atom. The molecule has 2 radical (unpaired) electrons. The number of hydrogen-bond acceptors (Lipinski definition) is 5. The standard InChI is InChI=1S/C13H10BN3O2S2/c14-8-9-4-6-10(7-5-9)21(18,19)17-12-3-1-2-11-13(12)16-20-15-11/h1-7,17H,8H2. The van der Waals surface area contributed by atoms with E-state index >= 15 is 0 Å². The van der Waals surface area contributed by atoms with E-state index in [9.17, 15) is 8.42 Å². The number of nitrogens with one attached hydrogen (secondary N) is 1. The molecule has 3 rings (SSSR count). The smallest absolute Gasteiger partial charge is 0.261 e. The maximum absolute atomic E-state index is 12.4. The van der Waals surface area contributed by atoms with Crippen LogP contribution in [0, 0.1) is 0 Å². The predicted octanol–water partition coefficient (Wildman–Crippen LogP) is 2.16. The van der Waals surface area contributed by atoms with Crippen molar-refractivity contribution in [2.45, 2.75) is 11.2 Å². The van der Waals surface area contributed by atoms with Gasteiger partial charge in [0.2, 0.25) is 0 Å². The fourth-order valence-electron chi connectivity index (χ4n) is 1.90. The van der Waals surface area contributed by atoms with Gasteiger partial charge >= 0.3 is 0 Å². The van der Waals surface area contributed by atoms with Crippen molar-refractivity contribution in [2.75, 3.05) is 4.72 Å². The summed E-state index contributed by atoms with van der Waals surface area (Å²) < 4.78 is 35.5. The van der Waals surface area contributed by atoms with Crippen LogP contribution in [-0.2, 0) is 16.3 Å². The van der Waals surface area contributed by atoms with Gasteiger partial charge < -0.3 is 0 Å². The molecule has 0 fully saturated rings. The van der Waals surface area contributed by atoms with Crippen molar-refractivity contribution in [1.82, 2.24) is 8.75 Å². The molecule has 1 aromatic heterocycles. The average Bonchev–Trinajstić information content (AvgIpc) is 2.97.